The molecule has 2 N–H and O–H groups in total. The van der Waals surface area contributed by atoms with Crippen LogP contribution in [0, 0.1) is 10.1 Å². The molecular formula is C12H14N2O4. The average Bonchev–Trinajstić information content (AvgIpc) is 2.79. The fourth-order valence-electron chi connectivity index (χ4n) is 2.34. The molecule has 0 amide bonds. The standard InChI is InChI=1S/C12H14N2O4/c15-11(16)12(5-2-6-13-12)8-9-3-1-4-10(7-9)14(17)18/h1,3-4,7,13H,2,5-6,8H2,(H,15,16)/t12-/m0/s1. The number of nitro benzene ring substituents is 1. The molecule has 1 aromatic rings. The Morgan fingerprint density at radius 2 is 2.33 bits per heavy atom. The van der Waals surface area contributed by atoms with Crippen molar-refractivity contribution in [3.05, 3.63) is 39.9 Å². The van der Waals surface area contributed by atoms with Crippen LogP contribution in [0.3, 0.4) is 0 Å². The topological polar surface area (TPSA) is 92.5 Å². The first-order valence-corrected chi connectivity index (χ1v) is 5.75. The number of aliphatic carboxylic acids is 1. The van der Waals surface area contributed by atoms with Gasteiger partial charge in [-0.3, -0.25) is 14.9 Å². The molecule has 96 valence electrons. The predicted molar refractivity (Wildman–Crippen MR) is 64.4 cm³/mol. The lowest BCUT2D eigenvalue weighted by Gasteiger charge is -2.24. The number of hydrogen-bond donors (Lipinski definition) is 2. The maximum absolute atomic E-state index is 11.4. The second-order valence-electron chi connectivity index (χ2n) is 4.52. The minimum absolute atomic E-state index is 0.00830. The normalized spacial score (nSPS) is 22.9. The Morgan fingerprint density at radius 1 is 1.56 bits per heavy atom. The molecule has 6 heteroatoms. The summed E-state index contributed by atoms with van der Waals surface area (Å²) >= 11 is 0. The van der Waals surface area contributed by atoms with E-state index < -0.39 is 16.4 Å². The van der Waals surface area contributed by atoms with Crippen LogP contribution >= 0.6 is 0 Å². The molecule has 1 saturated heterocycles. The van der Waals surface area contributed by atoms with Crippen LogP contribution in [-0.2, 0) is 11.2 Å². The minimum atomic E-state index is -0.977. The van der Waals surface area contributed by atoms with Crippen LogP contribution in [0.5, 0.6) is 0 Å². The molecular weight excluding hydrogens is 236 g/mol. The van der Waals surface area contributed by atoms with E-state index in [1.807, 2.05) is 0 Å². The molecule has 1 atom stereocenters. The van der Waals surface area contributed by atoms with Crippen molar-refractivity contribution in [1.82, 2.24) is 5.32 Å². The van der Waals surface area contributed by atoms with E-state index in [4.69, 9.17) is 0 Å². The van der Waals surface area contributed by atoms with Gasteiger partial charge in [-0.15, -0.1) is 0 Å². The molecule has 0 radical (unpaired) electrons. The number of carbonyl (C=O) groups is 1. The summed E-state index contributed by atoms with van der Waals surface area (Å²) in [6, 6.07) is 6.14. The van der Waals surface area contributed by atoms with Crippen LogP contribution in [0.1, 0.15) is 18.4 Å². The van der Waals surface area contributed by atoms with E-state index >= 15 is 0 Å². The van der Waals surface area contributed by atoms with Gasteiger partial charge in [-0.1, -0.05) is 12.1 Å². The number of nitrogens with one attached hydrogen (secondary N) is 1. The lowest BCUT2D eigenvalue weighted by molar-refractivity contribution is -0.384. The molecule has 0 aromatic heterocycles. The second kappa shape index (κ2) is 4.73. The Labute approximate surface area is 104 Å². The van der Waals surface area contributed by atoms with Gasteiger partial charge in [0.15, 0.2) is 0 Å². The summed E-state index contributed by atoms with van der Waals surface area (Å²) in [5.41, 5.74) is -0.318. The molecule has 1 heterocycles. The number of benzene rings is 1. The van der Waals surface area contributed by atoms with Crippen molar-refractivity contribution in [3.63, 3.8) is 0 Å². The first-order chi connectivity index (χ1) is 8.53. The Kier molecular flexibility index (Phi) is 3.29. The van der Waals surface area contributed by atoms with Crippen molar-refractivity contribution in [3.8, 4) is 0 Å². The fourth-order valence-corrected chi connectivity index (χ4v) is 2.34. The molecule has 1 aliphatic heterocycles. The highest BCUT2D eigenvalue weighted by atomic mass is 16.6. The number of carboxylic acid groups (broad SMARTS) is 1. The van der Waals surface area contributed by atoms with E-state index in [2.05, 4.69) is 5.32 Å². The number of nitro groups is 1. The van der Waals surface area contributed by atoms with E-state index in [9.17, 15) is 20.0 Å². The smallest absolute Gasteiger partial charge is 0.324 e. The summed E-state index contributed by atoms with van der Waals surface area (Å²) in [4.78, 5) is 21.6. The molecule has 0 spiro atoms. The lowest BCUT2D eigenvalue weighted by atomic mass is 9.89. The first-order valence-electron chi connectivity index (χ1n) is 5.75. The van der Waals surface area contributed by atoms with Crippen LogP contribution in [-0.4, -0.2) is 28.1 Å². The van der Waals surface area contributed by atoms with Crippen molar-refractivity contribution >= 4 is 11.7 Å². The Balaban J connectivity index is 2.24. The summed E-state index contributed by atoms with van der Waals surface area (Å²) in [6.07, 6.45) is 1.62. The summed E-state index contributed by atoms with van der Waals surface area (Å²) in [5, 5.41) is 23.0. The van der Waals surface area contributed by atoms with Crippen LogP contribution in [0.4, 0.5) is 5.69 Å². The molecule has 0 aliphatic carbocycles. The Bertz CT molecular complexity index is 481. The molecule has 0 unspecified atom stereocenters. The maximum Gasteiger partial charge on any atom is 0.324 e. The third kappa shape index (κ3) is 2.33. The molecule has 2 rings (SSSR count). The van der Waals surface area contributed by atoms with Crippen molar-refractivity contribution in [1.29, 1.82) is 0 Å². The van der Waals surface area contributed by atoms with Crippen LogP contribution < -0.4 is 5.32 Å². The van der Waals surface area contributed by atoms with E-state index in [1.54, 1.807) is 12.1 Å². The average molecular weight is 250 g/mol. The summed E-state index contributed by atoms with van der Waals surface area (Å²) < 4.78 is 0. The van der Waals surface area contributed by atoms with Crippen molar-refractivity contribution in [2.45, 2.75) is 24.8 Å². The van der Waals surface area contributed by atoms with Gasteiger partial charge < -0.3 is 10.4 Å². The zero-order valence-corrected chi connectivity index (χ0v) is 9.76. The number of hydrogen-bond acceptors (Lipinski definition) is 4. The summed E-state index contributed by atoms with van der Waals surface area (Å²) in [7, 11) is 0. The SMILES string of the molecule is O=C(O)[C@@]1(Cc2cccc([N+](=O)[O-])c2)CCCN1. The van der Waals surface area contributed by atoms with Crippen molar-refractivity contribution in [2.24, 2.45) is 0 Å². The van der Waals surface area contributed by atoms with Gasteiger partial charge in [-0.2, -0.15) is 0 Å². The zero-order valence-electron chi connectivity index (χ0n) is 9.76. The Morgan fingerprint density at radius 3 is 2.89 bits per heavy atom. The number of rotatable bonds is 4. The van der Waals surface area contributed by atoms with Gasteiger partial charge in [-0.25, -0.2) is 0 Å². The molecule has 1 aromatic carbocycles. The number of non-ortho nitro benzene ring substituents is 1. The predicted octanol–water partition coefficient (Wildman–Crippen LogP) is 1.34. The van der Waals surface area contributed by atoms with Gasteiger partial charge in [0.25, 0.3) is 5.69 Å². The second-order valence-corrected chi connectivity index (χ2v) is 4.52. The summed E-state index contributed by atoms with van der Waals surface area (Å²) in [6.45, 7) is 0.668. The van der Waals surface area contributed by atoms with Gasteiger partial charge in [-0.05, 0) is 24.9 Å². The van der Waals surface area contributed by atoms with E-state index in [1.165, 1.54) is 12.1 Å². The first kappa shape index (κ1) is 12.5. The maximum atomic E-state index is 11.4. The highest BCUT2D eigenvalue weighted by molar-refractivity contribution is 5.79. The third-order valence-electron chi connectivity index (χ3n) is 3.28. The van der Waals surface area contributed by atoms with Gasteiger partial charge in [0.05, 0.1) is 4.92 Å². The van der Waals surface area contributed by atoms with Gasteiger partial charge in [0.2, 0.25) is 0 Å². The molecule has 0 bridgehead atoms. The van der Waals surface area contributed by atoms with E-state index in [-0.39, 0.29) is 12.1 Å². The monoisotopic (exact) mass is 250 g/mol. The van der Waals surface area contributed by atoms with Gasteiger partial charge >= 0.3 is 5.97 Å². The molecule has 0 saturated carbocycles. The number of carboxylic acids is 1. The highest BCUT2D eigenvalue weighted by Crippen LogP contribution is 2.26. The molecule has 1 aliphatic rings. The van der Waals surface area contributed by atoms with Gasteiger partial charge in [0.1, 0.15) is 5.54 Å². The quantitative estimate of drug-likeness (QED) is 0.621. The molecule has 1 fully saturated rings. The Hall–Kier alpha value is -1.95. The zero-order chi connectivity index (χ0) is 13.2. The molecule has 6 nitrogen and oxygen atoms in total. The minimum Gasteiger partial charge on any atom is -0.480 e. The highest BCUT2D eigenvalue weighted by Gasteiger charge is 2.41. The van der Waals surface area contributed by atoms with Crippen molar-refractivity contribution in [2.75, 3.05) is 6.54 Å². The molecule has 18 heavy (non-hydrogen) atoms. The summed E-state index contributed by atoms with van der Waals surface area (Å²) in [5.74, 6) is -0.897. The number of nitrogens with zero attached hydrogens (tertiary/aromatic N) is 1. The van der Waals surface area contributed by atoms with Crippen LogP contribution in [0.2, 0.25) is 0 Å². The van der Waals surface area contributed by atoms with Gasteiger partial charge in [0, 0.05) is 18.6 Å². The van der Waals surface area contributed by atoms with E-state index in [0.29, 0.717) is 18.5 Å². The van der Waals surface area contributed by atoms with Crippen LogP contribution in [0.25, 0.3) is 0 Å². The largest absolute Gasteiger partial charge is 0.480 e. The fraction of sp³-hybridized carbons (Fsp3) is 0.417. The van der Waals surface area contributed by atoms with E-state index in [0.717, 1.165) is 6.42 Å². The lowest BCUT2D eigenvalue weighted by Crippen LogP contribution is -2.49. The third-order valence-corrected chi connectivity index (χ3v) is 3.28. The van der Waals surface area contributed by atoms with Crippen LogP contribution in [0.15, 0.2) is 24.3 Å². The van der Waals surface area contributed by atoms with Crippen molar-refractivity contribution < 1.29 is 14.8 Å².